The molecule has 26 heavy (non-hydrogen) atoms. The van der Waals surface area contributed by atoms with Gasteiger partial charge >= 0.3 is 0 Å². The summed E-state index contributed by atoms with van der Waals surface area (Å²) in [5, 5.41) is 0. The van der Waals surface area contributed by atoms with Crippen LogP contribution in [0.25, 0.3) is 11.3 Å². The van der Waals surface area contributed by atoms with E-state index in [9.17, 15) is 4.79 Å². The number of rotatable bonds is 5. The molecule has 0 aliphatic carbocycles. The van der Waals surface area contributed by atoms with E-state index in [2.05, 4.69) is 27.0 Å². The largest absolute Gasteiger partial charge is 0.341 e. The van der Waals surface area contributed by atoms with Gasteiger partial charge in [-0.25, -0.2) is 4.98 Å². The molecule has 1 aliphatic heterocycles. The lowest BCUT2D eigenvalue weighted by atomic mass is 9.89. The number of H-pyrrole nitrogens is 1. The highest BCUT2D eigenvalue weighted by Gasteiger charge is 2.26. The summed E-state index contributed by atoms with van der Waals surface area (Å²) < 4.78 is 0. The van der Waals surface area contributed by atoms with E-state index in [1.807, 2.05) is 54.7 Å². The molecule has 0 atom stereocenters. The third-order valence-electron chi connectivity index (χ3n) is 5.10. The SMILES string of the molecule is O=C(c1ccccc1)C1CCN(Cc2ncc(-c3ccccc3)[nH]2)CC1. The standard InChI is InChI=1S/C22H23N3O/c26-22(18-9-5-2-6-10-18)19-11-13-25(14-12-19)16-21-23-15-20(24-21)17-7-3-1-4-8-17/h1-10,15,19H,11-14,16H2,(H,23,24). The van der Waals surface area contributed by atoms with Gasteiger partial charge in [0, 0.05) is 11.5 Å². The van der Waals surface area contributed by atoms with E-state index in [4.69, 9.17) is 0 Å². The van der Waals surface area contributed by atoms with Crippen molar-refractivity contribution in [1.29, 1.82) is 0 Å². The second kappa shape index (κ2) is 7.67. The molecule has 1 fully saturated rings. The van der Waals surface area contributed by atoms with Crippen LogP contribution >= 0.6 is 0 Å². The lowest BCUT2D eigenvalue weighted by molar-refractivity contribution is 0.0833. The summed E-state index contributed by atoms with van der Waals surface area (Å²) in [5.74, 6) is 1.41. The van der Waals surface area contributed by atoms with Crippen LogP contribution in [-0.2, 0) is 6.54 Å². The zero-order valence-corrected chi connectivity index (χ0v) is 14.8. The molecule has 3 aromatic rings. The fraction of sp³-hybridized carbons (Fsp3) is 0.273. The fourth-order valence-electron chi connectivity index (χ4n) is 3.61. The predicted molar refractivity (Wildman–Crippen MR) is 103 cm³/mol. The highest BCUT2D eigenvalue weighted by molar-refractivity contribution is 5.97. The molecule has 4 heteroatoms. The fourth-order valence-corrected chi connectivity index (χ4v) is 3.61. The Hall–Kier alpha value is -2.72. The van der Waals surface area contributed by atoms with Gasteiger partial charge in [-0.05, 0) is 31.5 Å². The molecule has 1 N–H and O–H groups in total. The molecule has 1 aliphatic rings. The quantitative estimate of drug-likeness (QED) is 0.706. The molecule has 0 spiro atoms. The number of aromatic nitrogens is 2. The molecule has 4 nitrogen and oxygen atoms in total. The zero-order chi connectivity index (χ0) is 17.8. The van der Waals surface area contributed by atoms with Crippen LogP contribution in [0.4, 0.5) is 0 Å². The van der Waals surface area contributed by atoms with E-state index in [1.165, 1.54) is 0 Å². The van der Waals surface area contributed by atoms with Crippen molar-refractivity contribution in [1.82, 2.24) is 14.9 Å². The van der Waals surface area contributed by atoms with E-state index in [-0.39, 0.29) is 11.7 Å². The lowest BCUT2D eigenvalue weighted by Gasteiger charge is -2.30. The number of ketones is 1. The van der Waals surface area contributed by atoms with Gasteiger partial charge in [0.2, 0.25) is 0 Å². The van der Waals surface area contributed by atoms with Crippen molar-refractivity contribution in [2.24, 2.45) is 5.92 Å². The Morgan fingerprint density at radius 3 is 2.35 bits per heavy atom. The molecule has 0 saturated carbocycles. The number of carbonyl (C=O) groups is 1. The summed E-state index contributed by atoms with van der Waals surface area (Å²) in [5.41, 5.74) is 3.04. The molecule has 4 rings (SSSR count). The minimum Gasteiger partial charge on any atom is -0.341 e. The number of aromatic amines is 1. The Morgan fingerprint density at radius 1 is 1.00 bits per heavy atom. The van der Waals surface area contributed by atoms with Gasteiger partial charge in [-0.3, -0.25) is 9.69 Å². The normalized spacial score (nSPS) is 15.8. The number of hydrogen-bond donors (Lipinski definition) is 1. The van der Waals surface area contributed by atoms with Crippen molar-refractivity contribution >= 4 is 5.78 Å². The Morgan fingerprint density at radius 2 is 1.65 bits per heavy atom. The van der Waals surface area contributed by atoms with Gasteiger partial charge in [0.05, 0.1) is 18.4 Å². The van der Waals surface area contributed by atoms with Crippen LogP contribution < -0.4 is 0 Å². The van der Waals surface area contributed by atoms with Crippen LogP contribution in [0.3, 0.4) is 0 Å². The zero-order valence-electron chi connectivity index (χ0n) is 14.8. The van der Waals surface area contributed by atoms with Crippen molar-refractivity contribution in [3.63, 3.8) is 0 Å². The number of imidazole rings is 1. The van der Waals surface area contributed by atoms with E-state index in [0.717, 1.165) is 55.1 Å². The Kier molecular flexibility index (Phi) is 4.93. The third-order valence-corrected chi connectivity index (χ3v) is 5.10. The van der Waals surface area contributed by atoms with E-state index >= 15 is 0 Å². The Bertz CT molecular complexity index is 849. The monoisotopic (exact) mass is 345 g/mol. The van der Waals surface area contributed by atoms with E-state index in [1.54, 1.807) is 0 Å². The summed E-state index contributed by atoms with van der Waals surface area (Å²) >= 11 is 0. The average molecular weight is 345 g/mol. The molecule has 0 radical (unpaired) electrons. The predicted octanol–water partition coefficient (Wildman–Crippen LogP) is 4.17. The Labute approximate surface area is 153 Å². The highest BCUT2D eigenvalue weighted by atomic mass is 16.1. The van der Waals surface area contributed by atoms with Crippen LogP contribution in [-0.4, -0.2) is 33.7 Å². The molecule has 132 valence electrons. The average Bonchev–Trinajstić information content (AvgIpc) is 3.18. The van der Waals surface area contributed by atoms with Crippen LogP contribution in [0.15, 0.2) is 66.9 Å². The molecular formula is C22H23N3O. The molecule has 1 saturated heterocycles. The van der Waals surface area contributed by atoms with Crippen LogP contribution in [0.1, 0.15) is 29.0 Å². The molecule has 0 amide bonds. The van der Waals surface area contributed by atoms with Gasteiger partial charge in [-0.2, -0.15) is 0 Å². The topological polar surface area (TPSA) is 49.0 Å². The first kappa shape index (κ1) is 16.7. The lowest BCUT2D eigenvalue weighted by Crippen LogP contribution is -2.36. The summed E-state index contributed by atoms with van der Waals surface area (Å²) in [4.78, 5) is 22.9. The first-order valence-corrected chi connectivity index (χ1v) is 9.20. The van der Waals surface area contributed by atoms with Gasteiger partial charge in [-0.1, -0.05) is 60.7 Å². The van der Waals surface area contributed by atoms with Crippen LogP contribution in [0.5, 0.6) is 0 Å². The van der Waals surface area contributed by atoms with Crippen molar-refractivity contribution < 1.29 is 4.79 Å². The molecule has 2 aromatic carbocycles. The van der Waals surface area contributed by atoms with Crippen molar-refractivity contribution in [2.45, 2.75) is 19.4 Å². The van der Waals surface area contributed by atoms with Crippen molar-refractivity contribution in [3.8, 4) is 11.3 Å². The maximum Gasteiger partial charge on any atom is 0.166 e. The summed E-state index contributed by atoms with van der Waals surface area (Å²) in [6, 6.07) is 19.9. The Balaban J connectivity index is 1.33. The van der Waals surface area contributed by atoms with E-state index < -0.39 is 0 Å². The van der Waals surface area contributed by atoms with Gasteiger partial charge in [0.15, 0.2) is 5.78 Å². The highest BCUT2D eigenvalue weighted by Crippen LogP contribution is 2.23. The summed E-state index contributed by atoms with van der Waals surface area (Å²) in [7, 11) is 0. The van der Waals surface area contributed by atoms with E-state index in [0.29, 0.717) is 0 Å². The van der Waals surface area contributed by atoms with Gasteiger partial charge in [0.1, 0.15) is 5.82 Å². The van der Waals surface area contributed by atoms with Crippen molar-refractivity contribution in [3.05, 3.63) is 78.2 Å². The molecule has 1 aromatic heterocycles. The smallest absolute Gasteiger partial charge is 0.166 e. The minimum atomic E-state index is 0.144. The minimum absolute atomic E-state index is 0.144. The molecule has 2 heterocycles. The number of carbonyl (C=O) groups excluding carboxylic acids is 1. The van der Waals surface area contributed by atoms with Gasteiger partial charge in [-0.15, -0.1) is 0 Å². The maximum absolute atomic E-state index is 12.6. The number of Topliss-reactive ketones (excluding diaryl/α,β-unsaturated/α-hetero) is 1. The van der Waals surface area contributed by atoms with Gasteiger partial charge in [0.25, 0.3) is 0 Å². The molecule has 0 bridgehead atoms. The van der Waals surface area contributed by atoms with Gasteiger partial charge < -0.3 is 4.98 Å². The van der Waals surface area contributed by atoms with Crippen LogP contribution in [0, 0.1) is 5.92 Å². The molecule has 0 unspecified atom stereocenters. The third kappa shape index (κ3) is 3.75. The first-order valence-electron chi connectivity index (χ1n) is 9.20. The number of nitrogens with one attached hydrogen (secondary N) is 1. The summed E-state index contributed by atoms with van der Waals surface area (Å²) in [6.45, 7) is 2.67. The second-order valence-corrected chi connectivity index (χ2v) is 6.89. The first-order chi connectivity index (χ1) is 12.8. The maximum atomic E-state index is 12.6. The van der Waals surface area contributed by atoms with Crippen LogP contribution in [0.2, 0.25) is 0 Å². The number of piperidine rings is 1. The van der Waals surface area contributed by atoms with Crippen molar-refractivity contribution in [2.75, 3.05) is 13.1 Å². The number of hydrogen-bond acceptors (Lipinski definition) is 3. The second-order valence-electron chi connectivity index (χ2n) is 6.89. The summed E-state index contributed by atoms with van der Waals surface area (Å²) in [6.07, 6.45) is 3.73. The number of nitrogens with zero attached hydrogens (tertiary/aromatic N) is 2. The molecular weight excluding hydrogens is 322 g/mol. The number of likely N-dealkylation sites (tertiary alicyclic amines) is 1. The number of benzene rings is 2.